The van der Waals surface area contributed by atoms with Crippen molar-refractivity contribution >= 4 is 0 Å². The first-order valence-electron chi connectivity index (χ1n) is 7.18. The van der Waals surface area contributed by atoms with Crippen LogP contribution >= 0.6 is 0 Å². The minimum atomic E-state index is -0.590. The zero-order chi connectivity index (χ0) is 13.8. The zero-order valence-corrected chi connectivity index (χ0v) is 11.7. The highest BCUT2D eigenvalue weighted by Gasteiger charge is 2.23. The van der Waals surface area contributed by atoms with E-state index < -0.39 is 11.6 Å². The Hall–Kier alpha value is -1.12. The average molecular weight is 268 g/mol. The lowest BCUT2D eigenvalue weighted by Gasteiger charge is -2.28. The number of benzene rings is 1. The summed E-state index contributed by atoms with van der Waals surface area (Å²) in [5, 5.41) is 0. The van der Waals surface area contributed by atoms with Gasteiger partial charge >= 0.3 is 0 Å². The van der Waals surface area contributed by atoms with Gasteiger partial charge in [-0.25, -0.2) is 8.78 Å². The molecule has 0 aliphatic heterocycles. The van der Waals surface area contributed by atoms with Crippen molar-refractivity contribution in [3.05, 3.63) is 29.3 Å². The molecule has 1 saturated carbocycles. The second-order valence-electron chi connectivity index (χ2n) is 5.52. The van der Waals surface area contributed by atoms with Crippen LogP contribution in [-0.4, -0.2) is 7.11 Å². The van der Waals surface area contributed by atoms with Gasteiger partial charge in [-0.05, 0) is 55.2 Å². The molecule has 0 spiro atoms. The van der Waals surface area contributed by atoms with Gasteiger partial charge in [0.05, 0.1) is 7.11 Å². The number of hydrogen-bond acceptors (Lipinski definition) is 1. The molecule has 1 fully saturated rings. The van der Waals surface area contributed by atoms with Crippen LogP contribution in [0.2, 0.25) is 0 Å². The highest BCUT2D eigenvalue weighted by molar-refractivity contribution is 5.33. The van der Waals surface area contributed by atoms with Gasteiger partial charge in [0.25, 0.3) is 0 Å². The van der Waals surface area contributed by atoms with Crippen LogP contribution in [0.15, 0.2) is 12.1 Å². The molecule has 19 heavy (non-hydrogen) atoms. The summed E-state index contributed by atoms with van der Waals surface area (Å²) >= 11 is 0. The maximum atomic E-state index is 13.7. The van der Waals surface area contributed by atoms with Crippen molar-refractivity contribution in [2.45, 2.75) is 51.4 Å². The Morgan fingerprint density at radius 3 is 2.16 bits per heavy atom. The van der Waals surface area contributed by atoms with E-state index in [1.165, 1.54) is 44.9 Å². The second-order valence-corrected chi connectivity index (χ2v) is 5.52. The Morgan fingerprint density at radius 1 is 1.11 bits per heavy atom. The lowest BCUT2D eigenvalue weighted by atomic mass is 9.77. The number of methoxy groups -OCH3 is 1. The Balaban J connectivity index is 2.07. The van der Waals surface area contributed by atoms with Gasteiger partial charge in [-0.3, -0.25) is 0 Å². The van der Waals surface area contributed by atoms with Gasteiger partial charge in [0.2, 0.25) is 0 Å². The van der Waals surface area contributed by atoms with Crippen LogP contribution in [0.5, 0.6) is 5.75 Å². The minimum absolute atomic E-state index is 0.275. The minimum Gasteiger partial charge on any atom is -0.491 e. The fraction of sp³-hybridized carbons (Fsp3) is 0.625. The van der Waals surface area contributed by atoms with E-state index in [4.69, 9.17) is 4.74 Å². The van der Waals surface area contributed by atoms with E-state index in [9.17, 15) is 8.78 Å². The Kier molecular flexibility index (Phi) is 4.78. The van der Waals surface area contributed by atoms with Gasteiger partial charge in [-0.2, -0.15) is 0 Å². The highest BCUT2D eigenvalue weighted by atomic mass is 19.1. The standard InChI is InChI=1S/C16H22F2O/c1-3-4-11-5-7-12(8-6-11)13-9-14(17)16(19-2)15(18)10-13/h9-12H,3-8H2,1-2H3/t11-,12-. The van der Waals surface area contributed by atoms with Gasteiger partial charge in [-0.15, -0.1) is 0 Å². The summed E-state index contributed by atoms with van der Waals surface area (Å²) in [6, 6.07) is 2.87. The van der Waals surface area contributed by atoms with E-state index >= 15 is 0 Å². The van der Waals surface area contributed by atoms with Gasteiger partial charge in [0, 0.05) is 0 Å². The Bertz CT molecular complexity index is 400. The Labute approximate surface area is 114 Å². The third kappa shape index (κ3) is 3.26. The molecule has 0 unspecified atom stereocenters. The van der Waals surface area contributed by atoms with Crippen molar-refractivity contribution in [2.24, 2.45) is 5.92 Å². The first kappa shape index (κ1) is 14.3. The molecule has 1 aromatic rings. The SMILES string of the molecule is CCC[C@H]1CC[C@H](c2cc(F)c(OC)c(F)c2)CC1. The summed E-state index contributed by atoms with van der Waals surface area (Å²) in [4.78, 5) is 0. The number of hydrogen-bond donors (Lipinski definition) is 0. The predicted molar refractivity (Wildman–Crippen MR) is 72.5 cm³/mol. The molecule has 1 aromatic carbocycles. The Morgan fingerprint density at radius 2 is 1.68 bits per heavy atom. The van der Waals surface area contributed by atoms with E-state index in [0.717, 1.165) is 24.3 Å². The fourth-order valence-electron chi connectivity index (χ4n) is 3.20. The zero-order valence-electron chi connectivity index (χ0n) is 11.7. The maximum absolute atomic E-state index is 13.7. The molecule has 0 N–H and O–H groups in total. The summed E-state index contributed by atoms with van der Waals surface area (Å²) in [5.41, 5.74) is 0.783. The molecule has 0 saturated heterocycles. The predicted octanol–water partition coefficient (Wildman–Crippen LogP) is 5.05. The molecule has 106 valence electrons. The third-order valence-corrected chi connectivity index (χ3v) is 4.24. The molecule has 0 aromatic heterocycles. The topological polar surface area (TPSA) is 9.23 Å². The molecule has 1 aliphatic rings. The molecule has 0 radical (unpaired) electrons. The third-order valence-electron chi connectivity index (χ3n) is 4.24. The first-order valence-corrected chi connectivity index (χ1v) is 7.18. The van der Waals surface area contributed by atoms with Crippen LogP contribution in [0.25, 0.3) is 0 Å². The van der Waals surface area contributed by atoms with Gasteiger partial charge in [0.15, 0.2) is 17.4 Å². The molecule has 0 heterocycles. The van der Waals surface area contributed by atoms with Crippen LogP contribution < -0.4 is 4.74 Å². The smallest absolute Gasteiger partial charge is 0.190 e. The lowest BCUT2D eigenvalue weighted by molar-refractivity contribution is 0.306. The fourth-order valence-corrected chi connectivity index (χ4v) is 3.20. The molecule has 3 heteroatoms. The lowest BCUT2D eigenvalue weighted by Crippen LogP contribution is -2.13. The molecule has 1 aliphatic carbocycles. The normalized spacial score (nSPS) is 23.4. The summed E-state index contributed by atoms with van der Waals surface area (Å²) in [6.45, 7) is 2.21. The van der Waals surface area contributed by atoms with Gasteiger partial charge in [0.1, 0.15) is 0 Å². The number of halogens is 2. The van der Waals surface area contributed by atoms with Crippen LogP contribution in [0, 0.1) is 17.6 Å². The molecule has 0 atom stereocenters. The molecule has 0 amide bonds. The van der Waals surface area contributed by atoms with Crippen LogP contribution in [0.1, 0.15) is 56.9 Å². The summed E-state index contributed by atoms with van der Waals surface area (Å²) in [6.07, 6.45) is 6.92. The van der Waals surface area contributed by atoms with Crippen LogP contribution in [0.4, 0.5) is 8.78 Å². The molecular formula is C16H22F2O. The summed E-state index contributed by atoms with van der Waals surface area (Å²) in [5.74, 6) is -0.359. The van der Waals surface area contributed by atoms with E-state index in [2.05, 4.69) is 6.92 Å². The van der Waals surface area contributed by atoms with E-state index in [1.807, 2.05) is 0 Å². The molecule has 2 rings (SSSR count). The van der Waals surface area contributed by atoms with Gasteiger partial charge < -0.3 is 4.74 Å². The number of rotatable bonds is 4. The first-order chi connectivity index (χ1) is 9.15. The van der Waals surface area contributed by atoms with Crippen molar-refractivity contribution in [1.82, 2.24) is 0 Å². The maximum Gasteiger partial charge on any atom is 0.190 e. The van der Waals surface area contributed by atoms with E-state index in [0.29, 0.717) is 5.92 Å². The van der Waals surface area contributed by atoms with Crippen molar-refractivity contribution in [2.75, 3.05) is 7.11 Å². The van der Waals surface area contributed by atoms with Crippen LogP contribution in [-0.2, 0) is 0 Å². The van der Waals surface area contributed by atoms with Crippen molar-refractivity contribution < 1.29 is 13.5 Å². The number of ether oxygens (including phenoxy) is 1. The monoisotopic (exact) mass is 268 g/mol. The molecule has 0 bridgehead atoms. The summed E-state index contributed by atoms with van der Waals surface area (Å²) in [7, 11) is 1.29. The van der Waals surface area contributed by atoms with Crippen molar-refractivity contribution in [1.29, 1.82) is 0 Å². The van der Waals surface area contributed by atoms with Gasteiger partial charge in [-0.1, -0.05) is 19.8 Å². The van der Waals surface area contributed by atoms with Crippen molar-refractivity contribution in [3.63, 3.8) is 0 Å². The average Bonchev–Trinajstić information content (AvgIpc) is 2.39. The van der Waals surface area contributed by atoms with E-state index in [-0.39, 0.29) is 5.75 Å². The van der Waals surface area contributed by atoms with Crippen LogP contribution in [0.3, 0.4) is 0 Å². The highest BCUT2D eigenvalue weighted by Crippen LogP contribution is 2.39. The summed E-state index contributed by atoms with van der Waals surface area (Å²) < 4.78 is 32.1. The molecule has 1 nitrogen and oxygen atoms in total. The largest absolute Gasteiger partial charge is 0.491 e. The van der Waals surface area contributed by atoms with E-state index in [1.54, 1.807) is 0 Å². The second kappa shape index (κ2) is 6.36. The van der Waals surface area contributed by atoms with Crippen molar-refractivity contribution in [3.8, 4) is 5.75 Å². The quantitative estimate of drug-likeness (QED) is 0.742. The molecular weight excluding hydrogens is 246 g/mol.